The number of allylic oxidation sites excluding steroid dienone is 16. The molecule has 0 aromatic heterocycles. The molecule has 2 aromatic carbocycles. The molecule has 0 aliphatic carbocycles. The molecule has 0 spiro atoms. The van der Waals surface area contributed by atoms with Gasteiger partial charge in [-0.15, -0.1) is 0 Å². The van der Waals surface area contributed by atoms with Gasteiger partial charge in [0.05, 0.1) is 0 Å². The van der Waals surface area contributed by atoms with Crippen LogP contribution < -0.4 is 0 Å². The number of phenols is 2. The monoisotopic (exact) mass is 719 g/mol. The highest BCUT2D eigenvalue weighted by Gasteiger charge is 2.14. The third-order valence-electron chi connectivity index (χ3n) is 10.5. The second-order valence-electron chi connectivity index (χ2n) is 16.0. The van der Waals surface area contributed by atoms with E-state index < -0.39 is 0 Å². The molecule has 0 unspecified atom stereocenters. The van der Waals surface area contributed by atoms with Crippen LogP contribution in [0.5, 0.6) is 11.5 Å². The lowest BCUT2D eigenvalue weighted by molar-refractivity contribution is 0.461. The average molecular weight is 719 g/mol. The Kier molecular flexibility index (Phi) is 21.6. The molecule has 0 heterocycles. The molecule has 290 valence electrons. The molecule has 2 heteroatoms. The van der Waals surface area contributed by atoms with Gasteiger partial charge in [-0.2, -0.15) is 0 Å². The molecule has 0 bridgehead atoms. The third kappa shape index (κ3) is 18.7. The van der Waals surface area contributed by atoms with Crippen molar-refractivity contribution in [3.05, 3.63) is 129 Å². The normalized spacial score (nSPS) is 14.0. The van der Waals surface area contributed by atoms with Crippen LogP contribution in [0.4, 0.5) is 0 Å². The molecule has 0 aliphatic heterocycles. The number of aromatic hydroxyl groups is 2. The van der Waals surface area contributed by atoms with E-state index >= 15 is 0 Å². The highest BCUT2D eigenvalue weighted by molar-refractivity contribution is 5.95. The summed E-state index contributed by atoms with van der Waals surface area (Å²) in [5.41, 5.74) is 13.3. The van der Waals surface area contributed by atoms with E-state index in [1.165, 1.54) is 63.8 Å². The lowest BCUT2D eigenvalue weighted by Crippen LogP contribution is -1.92. The Bertz CT molecular complexity index is 1690. The van der Waals surface area contributed by atoms with Crippen LogP contribution in [0, 0.1) is 6.92 Å². The number of benzene rings is 2. The van der Waals surface area contributed by atoms with E-state index in [0.717, 1.165) is 81.8 Å². The predicted octanol–water partition coefficient (Wildman–Crippen LogP) is 16.2. The van der Waals surface area contributed by atoms with Gasteiger partial charge in [-0.3, -0.25) is 0 Å². The first-order chi connectivity index (χ1) is 25.3. The zero-order chi connectivity index (χ0) is 39.2. The summed E-state index contributed by atoms with van der Waals surface area (Å²) >= 11 is 0. The molecule has 2 aromatic rings. The Morgan fingerprint density at radius 2 is 0.698 bits per heavy atom. The molecule has 2 N–H and O–H groups in total. The summed E-state index contributed by atoms with van der Waals surface area (Å²) in [7, 11) is 0. The van der Waals surface area contributed by atoms with Crippen molar-refractivity contribution in [2.45, 2.75) is 166 Å². The topological polar surface area (TPSA) is 40.5 Å². The Morgan fingerprint density at radius 3 is 1.02 bits per heavy atom. The van der Waals surface area contributed by atoms with Crippen LogP contribution in [-0.4, -0.2) is 10.2 Å². The van der Waals surface area contributed by atoms with Crippen molar-refractivity contribution in [1.29, 1.82) is 0 Å². The summed E-state index contributed by atoms with van der Waals surface area (Å²) < 4.78 is 0. The van der Waals surface area contributed by atoms with Crippen LogP contribution in [-0.2, 0) is 6.42 Å². The predicted molar refractivity (Wildman–Crippen MR) is 236 cm³/mol. The summed E-state index contributed by atoms with van der Waals surface area (Å²) in [6.45, 7) is 22.1. The van der Waals surface area contributed by atoms with Gasteiger partial charge in [-0.05, 0) is 171 Å². The number of hydrogen-bond acceptors (Lipinski definition) is 2. The average Bonchev–Trinajstić information content (AvgIpc) is 3.10. The molecule has 0 saturated carbocycles. The summed E-state index contributed by atoms with van der Waals surface area (Å²) in [4.78, 5) is 0. The summed E-state index contributed by atoms with van der Waals surface area (Å²) in [5.74, 6) is 0.549. The molecule has 0 amide bonds. The van der Waals surface area contributed by atoms with Crippen molar-refractivity contribution in [2.75, 3.05) is 0 Å². The maximum absolute atomic E-state index is 10.9. The van der Waals surface area contributed by atoms with Crippen molar-refractivity contribution in [3.63, 3.8) is 0 Å². The Labute approximate surface area is 325 Å². The number of fused-ring (bicyclic) bond motifs is 1. The first kappa shape index (κ1) is 45.4. The molecule has 53 heavy (non-hydrogen) atoms. The number of hydrogen-bond donors (Lipinski definition) is 2. The van der Waals surface area contributed by atoms with Crippen LogP contribution in [0.1, 0.15) is 163 Å². The quantitative estimate of drug-likeness (QED) is 0.0887. The van der Waals surface area contributed by atoms with E-state index in [2.05, 4.69) is 111 Å². The lowest BCUT2D eigenvalue weighted by atomic mass is 9.95. The molecular weight excluding hydrogens is 645 g/mol. The van der Waals surface area contributed by atoms with Gasteiger partial charge in [-0.25, -0.2) is 0 Å². The summed E-state index contributed by atoms with van der Waals surface area (Å²) in [5, 5.41) is 23.0. The Hall–Kier alpha value is -3.78. The summed E-state index contributed by atoms with van der Waals surface area (Å²) in [6.07, 6.45) is 35.5. The second-order valence-corrected chi connectivity index (χ2v) is 16.0. The maximum atomic E-state index is 10.9. The minimum atomic E-state index is 0.267. The van der Waals surface area contributed by atoms with Crippen LogP contribution >= 0.6 is 0 Å². The molecule has 2 rings (SSSR count). The fourth-order valence-electron chi connectivity index (χ4n) is 6.69. The highest BCUT2D eigenvalue weighted by atomic mass is 16.3. The minimum Gasteiger partial charge on any atom is -0.507 e. The van der Waals surface area contributed by atoms with Gasteiger partial charge in [0.2, 0.25) is 0 Å². The largest absolute Gasteiger partial charge is 0.507 e. The van der Waals surface area contributed by atoms with Gasteiger partial charge in [-0.1, -0.05) is 117 Å². The standard InChI is InChI=1S/C51H74O2/c1-38(2)20-13-21-39(3)22-14-23-40(4)24-15-25-41(5)26-16-27-42(6)28-17-29-43(7)30-18-31-44(8)32-19-33-45(9)36-37-47-46(10)50(52)48-34-11-12-35-49(48)51(47)53/h11-12,20,22,24,26,28,30,32,34-36,52-53H,13-19,21,23,25,27,29,31,33,37H2,1-10H3/b39-22+,40-24+,41-26+,42-28+,43-30+,44-32+,45-36-. The van der Waals surface area contributed by atoms with E-state index in [1.807, 2.05) is 31.2 Å². The Balaban J connectivity index is 1.64. The van der Waals surface area contributed by atoms with Crippen molar-refractivity contribution < 1.29 is 10.2 Å². The fraction of sp³-hybridized carbons (Fsp3) is 0.490. The van der Waals surface area contributed by atoms with E-state index in [0.29, 0.717) is 17.2 Å². The van der Waals surface area contributed by atoms with E-state index in [-0.39, 0.29) is 11.5 Å². The van der Waals surface area contributed by atoms with Crippen molar-refractivity contribution in [1.82, 2.24) is 0 Å². The molecule has 0 radical (unpaired) electrons. The molecule has 0 fully saturated rings. The van der Waals surface area contributed by atoms with Crippen molar-refractivity contribution in [2.24, 2.45) is 0 Å². The first-order valence-electron chi connectivity index (χ1n) is 20.4. The number of rotatable bonds is 23. The van der Waals surface area contributed by atoms with Crippen LogP contribution in [0.25, 0.3) is 10.8 Å². The second kappa shape index (κ2) is 25.3. The van der Waals surface area contributed by atoms with Gasteiger partial charge in [0.1, 0.15) is 11.5 Å². The molecule has 2 nitrogen and oxygen atoms in total. The molecule has 0 atom stereocenters. The third-order valence-corrected chi connectivity index (χ3v) is 10.5. The zero-order valence-corrected chi connectivity index (χ0v) is 35.4. The summed E-state index contributed by atoms with van der Waals surface area (Å²) in [6, 6.07) is 7.50. The van der Waals surface area contributed by atoms with E-state index in [1.54, 1.807) is 0 Å². The SMILES string of the molecule is CC(C)=CCC/C(C)=C/CC/C(C)=C/CC/C(C)=C/CC/C(C)=C/CC/C(C)=C/CC/C(C)=C/CC/C(C)=C\Cc1c(C)c(O)c2ccccc2c1O. The van der Waals surface area contributed by atoms with E-state index in [4.69, 9.17) is 0 Å². The van der Waals surface area contributed by atoms with E-state index in [9.17, 15) is 10.2 Å². The van der Waals surface area contributed by atoms with Gasteiger partial charge in [0, 0.05) is 16.3 Å². The fourth-order valence-corrected chi connectivity index (χ4v) is 6.69. The smallest absolute Gasteiger partial charge is 0.127 e. The van der Waals surface area contributed by atoms with Gasteiger partial charge in [0.25, 0.3) is 0 Å². The Morgan fingerprint density at radius 1 is 0.415 bits per heavy atom. The minimum absolute atomic E-state index is 0.267. The van der Waals surface area contributed by atoms with Gasteiger partial charge < -0.3 is 10.2 Å². The molecular formula is C51H74O2. The van der Waals surface area contributed by atoms with Gasteiger partial charge >= 0.3 is 0 Å². The highest BCUT2D eigenvalue weighted by Crippen LogP contribution is 2.39. The number of phenolic OH excluding ortho intramolecular Hbond substituents is 2. The van der Waals surface area contributed by atoms with Gasteiger partial charge in [0.15, 0.2) is 0 Å². The maximum Gasteiger partial charge on any atom is 0.127 e. The van der Waals surface area contributed by atoms with Crippen molar-refractivity contribution >= 4 is 10.8 Å². The first-order valence-corrected chi connectivity index (χ1v) is 20.4. The zero-order valence-electron chi connectivity index (χ0n) is 35.4. The van der Waals surface area contributed by atoms with Crippen LogP contribution in [0.2, 0.25) is 0 Å². The molecule has 0 aliphatic rings. The van der Waals surface area contributed by atoms with Crippen LogP contribution in [0.15, 0.2) is 117 Å². The lowest BCUT2D eigenvalue weighted by Gasteiger charge is -2.13. The van der Waals surface area contributed by atoms with Crippen molar-refractivity contribution in [3.8, 4) is 11.5 Å². The molecule has 0 saturated heterocycles. The van der Waals surface area contributed by atoms with Crippen LogP contribution in [0.3, 0.4) is 0 Å².